The van der Waals surface area contributed by atoms with E-state index in [4.69, 9.17) is 0 Å². The van der Waals surface area contributed by atoms with Crippen LogP contribution in [0.4, 0.5) is 5.82 Å². The molecule has 2 aliphatic rings. The molecule has 19 heavy (non-hydrogen) atoms. The van der Waals surface area contributed by atoms with Crippen molar-refractivity contribution in [1.82, 2.24) is 4.98 Å². The molecule has 0 saturated heterocycles. The predicted octanol–water partition coefficient (Wildman–Crippen LogP) is 3.07. The van der Waals surface area contributed by atoms with E-state index in [1.165, 1.54) is 36.9 Å². The second kappa shape index (κ2) is 5.49. The Morgan fingerprint density at radius 2 is 1.84 bits per heavy atom. The van der Waals surface area contributed by atoms with Crippen molar-refractivity contribution >= 4 is 5.82 Å². The van der Waals surface area contributed by atoms with Gasteiger partial charge in [0.15, 0.2) is 0 Å². The lowest BCUT2D eigenvalue weighted by Crippen LogP contribution is -2.36. The Morgan fingerprint density at radius 3 is 2.63 bits per heavy atom. The molecule has 0 aromatic carbocycles. The van der Waals surface area contributed by atoms with E-state index < -0.39 is 5.60 Å². The van der Waals surface area contributed by atoms with Crippen LogP contribution in [-0.2, 0) is 12.8 Å². The molecule has 0 atom stereocenters. The predicted molar refractivity (Wildman–Crippen MR) is 77.4 cm³/mol. The number of hydrogen-bond donors (Lipinski definition) is 2. The average Bonchev–Trinajstić information content (AvgIpc) is 2.78. The SMILES string of the molecule is OC1(CNc2ccc3c(n2)CCC3)CCCCCC1. The maximum Gasteiger partial charge on any atom is 0.126 e. The van der Waals surface area contributed by atoms with Gasteiger partial charge in [-0.15, -0.1) is 0 Å². The molecular weight excluding hydrogens is 236 g/mol. The minimum absolute atomic E-state index is 0.531. The van der Waals surface area contributed by atoms with Gasteiger partial charge in [-0.25, -0.2) is 4.98 Å². The van der Waals surface area contributed by atoms with Gasteiger partial charge >= 0.3 is 0 Å². The van der Waals surface area contributed by atoms with Crippen molar-refractivity contribution in [3.63, 3.8) is 0 Å². The number of aromatic nitrogens is 1. The van der Waals surface area contributed by atoms with Crippen LogP contribution in [-0.4, -0.2) is 22.2 Å². The van der Waals surface area contributed by atoms with E-state index in [0.29, 0.717) is 6.54 Å². The van der Waals surface area contributed by atoms with E-state index in [1.54, 1.807) is 0 Å². The molecule has 0 radical (unpaired) electrons. The number of nitrogens with one attached hydrogen (secondary N) is 1. The molecular formula is C16H24N2O. The summed E-state index contributed by atoms with van der Waals surface area (Å²) < 4.78 is 0. The third kappa shape index (κ3) is 3.08. The molecule has 1 saturated carbocycles. The first-order valence-corrected chi connectivity index (χ1v) is 7.70. The number of fused-ring (bicyclic) bond motifs is 1. The third-order valence-electron chi connectivity index (χ3n) is 4.56. The number of aryl methyl sites for hydroxylation is 2. The summed E-state index contributed by atoms with van der Waals surface area (Å²) in [4.78, 5) is 4.67. The number of pyridine rings is 1. The lowest BCUT2D eigenvalue weighted by Gasteiger charge is -2.27. The maximum absolute atomic E-state index is 10.6. The fraction of sp³-hybridized carbons (Fsp3) is 0.688. The second-order valence-electron chi connectivity index (χ2n) is 6.15. The van der Waals surface area contributed by atoms with Gasteiger partial charge in [0.05, 0.1) is 5.60 Å². The molecule has 2 aliphatic carbocycles. The zero-order valence-electron chi connectivity index (χ0n) is 11.6. The third-order valence-corrected chi connectivity index (χ3v) is 4.56. The van der Waals surface area contributed by atoms with Crippen molar-refractivity contribution in [1.29, 1.82) is 0 Å². The van der Waals surface area contributed by atoms with Crippen molar-refractivity contribution in [2.24, 2.45) is 0 Å². The molecule has 3 heteroatoms. The highest BCUT2D eigenvalue weighted by Crippen LogP contribution is 2.27. The molecule has 0 bridgehead atoms. The van der Waals surface area contributed by atoms with Crippen molar-refractivity contribution in [2.45, 2.75) is 63.4 Å². The van der Waals surface area contributed by atoms with Crippen LogP contribution >= 0.6 is 0 Å². The van der Waals surface area contributed by atoms with E-state index in [-0.39, 0.29) is 0 Å². The molecule has 0 aliphatic heterocycles. The molecule has 3 nitrogen and oxygen atoms in total. The van der Waals surface area contributed by atoms with E-state index >= 15 is 0 Å². The summed E-state index contributed by atoms with van der Waals surface area (Å²) in [5, 5.41) is 14.0. The molecule has 1 aromatic heterocycles. The summed E-state index contributed by atoms with van der Waals surface area (Å²) in [6, 6.07) is 4.25. The van der Waals surface area contributed by atoms with Crippen LogP contribution in [0.25, 0.3) is 0 Å². The van der Waals surface area contributed by atoms with Gasteiger partial charge in [-0.2, -0.15) is 0 Å². The van der Waals surface area contributed by atoms with E-state index in [2.05, 4.69) is 22.4 Å². The number of nitrogens with zero attached hydrogens (tertiary/aromatic N) is 1. The highest BCUT2D eigenvalue weighted by molar-refractivity contribution is 5.40. The Bertz CT molecular complexity index is 436. The van der Waals surface area contributed by atoms with Crippen LogP contribution in [0.15, 0.2) is 12.1 Å². The van der Waals surface area contributed by atoms with E-state index in [1.807, 2.05) is 0 Å². The van der Waals surface area contributed by atoms with Gasteiger partial charge in [-0.3, -0.25) is 0 Å². The van der Waals surface area contributed by atoms with E-state index in [0.717, 1.165) is 37.9 Å². The smallest absolute Gasteiger partial charge is 0.126 e. The fourth-order valence-electron chi connectivity index (χ4n) is 3.34. The molecule has 1 fully saturated rings. The number of anilines is 1. The van der Waals surface area contributed by atoms with Crippen LogP contribution < -0.4 is 5.32 Å². The summed E-state index contributed by atoms with van der Waals surface area (Å²) in [5.41, 5.74) is 2.12. The van der Waals surface area contributed by atoms with Gasteiger partial charge in [0.2, 0.25) is 0 Å². The Morgan fingerprint density at radius 1 is 1.05 bits per heavy atom. The van der Waals surface area contributed by atoms with Gasteiger partial charge in [-0.1, -0.05) is 31.7 Å². The summed E-state index contributed by atoms with van der Waals surface area (Å²) >= 11 is 0. The highest BCUT2D eigenvalue weighted by Gasteiger charge is 2.27. The number of hydrogen-bond acceptors (Lipinski definition) is 3. The van der Waals surface area contributed by atoms with Crippen LogP contribution in [0.3, 0.4) is 0 Å². The number of rotatable bonds is 3. The number of aliphatic hydroxyl groups is 1. The first-order chi connectivity index (χ1) is 9.25. The van der Waals surface area contributed by atoms with Crippen LogP contribution in [0.2, 0.25) is 0 Å². The van der Waals surface area contributed by atoms with Gasteiger partial charge in [0, 0.05) is 12.2 Å². The first kappa shape index (κ1) is 12.9. The standard InChI is InChI=1S/C16H24N2O/c19-16(10-3-1-2-4-11-16)12-17-15-9-8-13-6-5-7-14(13)18-15/h8-9,19H,1-7,10-12H2,(H,17,18). The highest BCUT2D eigenvalue weighted by atomic mass is 16.3. The van der Waals surface area contributed by atoms with Gasteiger partial charge in [0.1, 0.15) is 5.82 Å². The minimum atomic E-state index is -0.531. The summed E-state index contributed by atoms with van der Waals surface area (Å²) in [5.74, 6) is 0.929. The minimum Gasteiger partial charge on any atom is -0.388 e. The quantitative estimate of drug-likeness (QED) is 0.821. The van der Waals surface area contributed by atoms with Crippen molar-refractivity contribution in [3.8, 4) is 0 Å². The topological polar surface area (TPSA) is 45.1 Å². The molecule has 3 rings (SSSR count). The van der Waals surface area contributed by atoms with Crippen LogP contribution in [0.1, 0.15) is 56.2 Å². The Balaban J connectivity index is 1.62. The fourth-order valence-corrected chi connectivity index (χ4v) is 3.34. The van der Waals surface area contributed by atoms with Crippen molar-refractivity contribution < 1.29 is 5.11 Å². The molecule has 0 unspecified atom stereocenters. The maximum atomic E-state index is 10.6. The monoisotopic (exact) mass is 260 g/mol. The summed E-state index contributed by atoms with van der Waals surface area (Å²) in [7, 11) is 0. The normalized spacial score (nSPS) is 21.7. The molecule has 0 amide bonds. The van der Waals surface area contributed by atoms with E-state index in [9.17, 15) is 5.11 Å². The molecule has 2 N–H and O–H groups in total. The Labute approximate surface area is 115 Å². The zero-order chi connectivity index (χ0) is 13.1. The summed E-state index contributed by atoms with van der Waals surface area (Å²) in [6.07, 6.45) is 10.2. The largest absolute Gasteiger partial charge is 0.388 e. The Hall–Kier alpha value is -1.09. The average molecular weight is 260 g/mol. The van der Waals surface area contributed by atoms with Crippen molar-refractivity contribution in [2.75, 3.05) is 11.9 Å². The lowest BCUT2D eigenvalue weighted by molar-refractivity contribution is 0.0380. The Kier molecular flexibility index (Phi) is 3.74. The lowest BCUT2D eigenvalue weighted by atomic mass is 9.94. The van der Waals surface area contributed by atoms with Gasteiger partial charge in [0.25, 0.3) is 0 Å². The first-order valence-electron chi connectivity index (χ1n) is 7.70. The summed E-state index contributed by atoms with van der Waals surface area (Å²) in [6.45, 7) is 0.638. The van der Waals surface area contributed by atoms with Gasteiger partial charge < -0.3 is 10.4 Å². The molecule has 0 spiro atoms. The van der Waals surface area contributed by atoms with Crippen LogP contribution in [0, 0.1) is 0 Å². The molecule has 1 heterocycles. The van der Waals surface area contributed by atoms with Gasteiger partial charge in [-0.05, 0) is 43.7 Å². The zero-order valence-corrected chi connectivity index (χ0v) is 11.6. The molecule has 1 aromatic rings. The van der Waals surface area contributed by atoms with Crippen molar-refractivity contribution in [3.05, 3.63) is 23.4 Å². The second-order valence-corrected chi connectivity index (χ2v) is 6.15. The van der Waals surface area contributed by atoms with Crippen LogP contribution in [0.5, 0.6) is 0 Å². The molecule has 104 valence electrons.